The van der Waals surface area contributed by atoms with Gasteiger partial charge in [0.1, 0.15) is 6.33 Å². The van der Waals surface area contributed by atoms with E-state index >= 15 is 0 Å². The van der Waals surface area contributed by atoms with Crippen molar-refractivity contribution in [1.82, 2.24) is 9.36 Å². The molecule has 1 aromatic carbocycles. The average molecular weight is 281 g/mol. The number of hydrogen-bond acceptors (Lipinski definition) is 7. The van der Waals surface area contributed by atoms with Crippen molar-refractivity contribution in [1.29, 1.82) is 0 Å². The summed E-state index contributed by atoms with van der Waals surface area (Å²) in [6.07, 6.45) is 1.42. The first-order valence-electron chi connectivity index (χ1n) is 4.82. The second-order valence-electron chi connectivity index (χ2n) is 3.30. The minimum Gasteiger partial charge on any atom is -0.294 e. The predicted molar refractivity (Wildman–Crippen MR) is 67.1 cm³/mol. The van der Waals surface area contributed by atoms with Gasteiger partial charge >= 0.3 is 0 Å². The Morgan fingerprint density at radius 3 is 2.83 bits per heavy atom. The van der Waals surface area contributed by atoms with Crippen LogP contribution in [-0.4, -0.2) is 20.1 Å². The van der Waals surface area contributed by atoms with Gasteiger partial charge in [-0.05, 0) is 24.5 Å². The van der Waals surface area contributed by atoms with E-state index < -0.39 is 4.92 Å². The van der Waals surface area contributed by atoms with Crippen molar-refractivity contribution >= 4 is 34.8 Å². The first-order chi connectivity index (χ1) is 8.58. The van der Waals surface area contributed by atoms with Crippen LogP contribution in [0.3, 0.4) is 0 Å². The summed E-state index contributed by atoms with van der Waals surface area (Å²) in [5.41, 5.74) is 0.228. The van der Waals surface area contributed by atoms with Crippen molar-refractivity contribution in [3.8, 4) is 0 Å². The third-order valence-electron chi connectivity index (χ3n) is 2.09. The number of rotatable bonds is 4. The highest BCUT2D eigenvalue weighted by Gasteiger charge is 2.15. The maximum absolute atomic E-state index is 11.5. The fraction of sp³-hybridized carbons (Fsp3) is 0.100. The van der Waals surface area contributed by atoms with Gasteiger partial charge in [-0.1, -0.05) is 11.8 Å². The van der Waals surface area contributed by atoms with Crippen LogP contribution in [0.4, 0.5) is 5.69 Å². The van der Waals surface area contributed by atoms with E-state index in [1.807, 2.05) is 0 Å². The lowest BCUT2D eigenvalue weighted by Gasteiger charge is -2.03. The van der Waals surface area contributed by atoms with Gasteiger partial charge in [0, 0.05) is 22.6 Å². The quantitative estimate of drug-likeness (QED) is 0.486. The molecule has 6 nitrogen and oxygen atoms in total. The molecule has 1 heterocycles. The largest absolute Gasteiger partial charge is 0.294 e. The number of Topliss-reactive ketones (excluding diaryl/α,β-unsaturated/α-hetero) is 1. The van der Waals surface area contributed by atoms with Gasteiger partial charge in [-0.2, -0.15) is 4.37 Å². The molecule has 0 fully saturated rings. The molecule has 0 saturated carbocycles. The van der Waals surface area contributed by atoms with E-state index in [-0.39, 0.29) is 11.5 Å². The molecule has 0 aliphatic carbocycles. The van der Waals surface area contributed by atoms with Crippen molar-refractivity contribution in [3.05, 3.63) is 40.2 Å². The molecule has 0 saturated heterocycles. The molecule has 0 radical (unpaired) electrons. The number of ketones is 1. The maximum Gasteiger partial charge on any atom is 0.270 e. The highest BCUT2D eigenvalue weighted by molar-refractivity contribution is 8.01. The number of benzene rings is 1. The molecule has 0 spiro atoms. The molecule has 0 amide bonds. The lowest BCUT2D eigenvalue weighted by molar-refractivity contribution is -0.384. The Balaban J connectivity index is 2.40. The van der Waals surface area contributed by atoms with Crippen molar-refractivity contribution in [2.45, 2.75) is 16.2 Å². The molecule has 0 N–H and O–H groups in total. The van der Waals surface area contributed by atoms with E-state index in [0.29, 0.717) is 14.8 Å². The number of carbonyl (C=O) groups excluding carboxylic acids is 1. The lowest BCUT2D eigenvalue weighted by atomic mass is 10.1. The number of carbonyl (C=O) groups is 1. The van der Waals surface area contributed by atoms with Crippen LogP contribution < -0.4 is 0 Å². The molecule has 1 aromatic heterocycles. The Labute approximate surface area is 110 Å². The van der Waals surface area contributed by atoms with Crippen LogP contribution in [0.1, 0.15) is 17.3 Å². The summed E-state index contributed by atoms with van der Waals surface area (Å²) in [5, 5.41) is 10.7. The standard InChI is InChI=1S/C10H7N3O3S2/c1-6(14)8-4-7(13(15)16)2-3-9(8)17-10-11-5-12-18-10/h2-5H,1H3. The Morgan fingerprint density at radius 2 is 2.28 bits per heavy atom. The topological polar surface area (TPSA) is 86.0 Å². The molecule has 0 unspecified atom stereocenters. The average Bonchev–Trinajstić information content (AvgIpc) is 2.81. The van der Waals surface area contributed by atoms with Gasteiger partial charge in [-0.25, -0.2) is 4.98 Å². The highest BCUT2D eigenvalue weighted by Crippen LogP contribution is 2.33. The van der Waals surface area contributed by atoms with Crippen LogP contribution in [0, 0.1) is 10.1 Å². The van der Waals surface area contributed by atoms with Crippen LogP contribution in [0.2, 0.25) is 0 Å². The zero-order valence-corrected chi connectivity index (χ0v) is 10.8. The molecule has 0 atom stereocenters. The maximum atomic E-state index is 11.5. The Hall–Kier alpha value is -1.80. The van der Waals surface area contributed by atoms with Gasteiger partial charge in [0.05, 0.1) is 4.92 Å². The van der Waals surface area contributed by atoms with Gasteiger partial charge in [-0.3, -0.25) is 14.9 Å². The summed E-state index contributed by atoms with van der Waals surface area (Å²) in [6.45, 7) is 1.38. The fourth-order valence-electron chi connectivity index (χ4n) is 1.30. The van der Waals surface area contributed by atoms with Crippen LogP contribution >= 0.6 is 23.3 Å². The molecule has 92 valence electrons. The number of hydrogen-bond donors (Lipinski definition) is 0. The number of non-ortho nitro benzene ring substituents is 1. The second-order valence-corrected chi connectivity index (χ2v) is 5.37. The number of nitrogens with zero attached hydrogens (tertiary/aromatic N) is 3. The minimum atomic E-state index is -0.522. The Kier molecular flexibility index (Phi) is 3.68. The van der Waals surface area contributed by atoms with E-state index in [4.69, 9.17) is 0 Å². The van der Waals surface area contributed by atoms with Crippen LogP contribution in [0.5, 0.6) is 0 Å². The zero-order chi connectivity index (χ0) is 13.1. The Bertz CT molecular complexity index is 598. The molecular formula is C10H7N3O3S2. The SMILES string of the molecule is CC(=O)c1cc([N+](=O)[O-])ccc1Sc1ncns1. The van der Waals surface area contributed by atoms with Gasteiger partial charge in [0.25, 0.3) is 5.69 Å². The lowest BCUT2D eigenvalue weighted by Crippen LogP contribution is -1.97. The molecule has 18 heavy (non-hydrogen) atoms. The normalized spacial score (nSPS) is 10.3. The van der Waals surface area contributed by atoms with E-state index in [9.17, 15) is 14.9 Å². The number of aromatic nitrogens is 2. The second kappa shape index (κ2) is 5.23. The molecule has 2 aromatic rings. The molecular weight excluding hydrogens is 274 g/mol. The highest BCUT2D eigenvalue weighted by atomic mass is 32.2. The van der Waals surface area contributed by atoms with Crippen LogP contribution in [0.25, 0.3) is 0 Å². The summed E-state index contributed by atoms with van der Waals surface area (Å²) in [6, 6.07) is 4.21. The molecule has 0 bridgehead atoms. The third-order valence-corrected chi connectivity index (χ3v) is 3.88. The molecule has 0 aliphatic rings. The van der Waals surface area contributed by atoms with E-state index in [0.717, 1.165) is 0 Å². The Morgan fingerprint density at radius 1 is 1.50 bits per heavy atom. The van der Waals surface area contributed by atoms with E-state index in [1.54, 1.807) is 6.07 Å². The van der Waals surface area contributed by atoms with E-state index in [2.05, 4.69) is 9.36 Å². The molecule has 0 aliphatic heterocycles. The monoisotopic (exact) mass is 281 g/mol. The number of nitro benzene ring substituents is 1. The van der Waals surface area contributed by atoms with Crippen LogP contribution in [-0.2, 0) is 0 Å². The van der Waals surface area contributed by atoms with Gasteiger partial charge in [0.2, 0.25) is 0 Å². The van der Waals surface area contributed by atoms with Crippen molar-refractivity contribution in [3.63, 3.8) is 0 Å². The van der Waals surface area contributed by atoms with E-state index in [1.165, 1.54) is 48.7 Å². The zero-order valence-electron chi connectivity index (χ0n) is 9.19. The van der Waals surface area contributed by atoms with Crippen molar-refractivity contribution in [2.75, 3.05) is 0 Å². The molecule has 2 rings (SSSR count). The summed E-state index contributed by atoms with van der Waals surface area (Å²) < 4.78 is 4.54. The third kappa shape index (κ3) is 2.71. The number of nitro groups is 1. The van der Waals surface area contributed by atoms with Crippen molar-refractivity contribution in [2.24, 2.45) is 0 Å². The summed E-state index contributed by atoms with van der Waals surface area (Å²) in [7, 11) is 0. The van der Waals surface area contributed by atoms with Crippen LogP contribution in [0.15, 0.2) is 33.8 Å². The molecule has 8 heteroatoms. The fourth-order valence-corrected chi connectivity index (χ4v) is 2.86. The minimum absolute atomic E-state index is 0.0955. The first-order valence-corrected chi connectivity index (χ1v) is 6.41. The first kappa shape index (κ1) is 12.7. The smallest absolute Gasteiger partial charge is 0.270 e. The summed E-state index contributed by atoms with van der Waals surface area (Å²) in [4.78, 5) is 26.3. The summed E-state index contributed by atoms with van der Waals surface area (Å²) >= 11 is 2.48. The van der Waals surface area contributed by atoms with Crippen molar-refractivity contribution < 1.29 is 9.72 Å². The van der Waals surface area contributed by atoms with Gasteiger partial charge < -0.3 is 0 Å². The predicted octanol–water partition coefficient (Wildman–Crippen LogP) is 2.80. The summed E-state index contributed by atoms with van der Waals surface area (Å²) in [5.74, 6) is -0.217. The van der Waals surface area contributed by atoms with Gasteiger partial charge in [0.15, 0.2) is 10.1 Å². The van der Waals surface area contributed by atoms with Gasteiger partial charge in [-0.15, -0.1) is 0 Å².